The van der Waals surface area contributed by atoms with Crippen molar-refractivity contribution in [2.24, 2.45) is 0 Å². The summed E-state index contributed by atoms with van der Waals surface area (Å²) >= 11 is 5.96. The van der Waals surface area contributed by atoms with Crippen molar-refractivity contribution in [3.05, 3.63) is 37.0 Å². The van der Waals surface area contributed by atoms with Gasteiger partial charge in [-0.05, 0) is 24.6 Å². The molecule has 2 heterocycles. The average Bonchev–Trinajstić information content (AvgIpc) is 2.88. The molecular formula is C17H24ClCsN2O3. The van der Waals surface area contributed by atoms with E-state index in [1.807, 2.05) is 19.9 Å². The number of fused-ring (bicyclic) bond motifs is 1. The fourth-order valence-corrected chi connectivity index (χ4v) is 2.57. The number of benzene rings is 1. The zero-order valence-corrected chi connectivity index (χ0v) is 22.2. The topological polar surface area (TPSA) is 53.3 Å². The van der Waals surface area contributed by atoms with Gasteiger partial charge in [-0.1, -0.05) is 13.8 Å². The number of rotatable bonds is 4. The molecule has 1 atom stereocenters. The molecular weight excluding hydrogens is 449 g/mol. The molecule has 3 rings (SSSR count). The van der Waals surface area contributed by atoms with Gasteiger partial charge in [0, 0.05) is 6.61 Å². The number of methoxy groups -OCH3 is 1. The van der Waals surface area contributed by atoms with Crippen molar-refractivity contribution in [2.45, 2.75) is 38.8 Å². The molecule has 1 aromatic heterocycles. The number of hydrogen-bond acceptors (Lipinski definition) is 4. The third-order valence-corrected chi connectivity index (χ3v) is 3.79. The van der Waals surface area contributed by atoms with Gasteiger partial charge in [0.05, 0.1) is 42.2 Å². The smallest absolute Gasteiger partial charge is 0.465 e. The third kappa shape index (κ3) is 5.48. The number of esters is 1. The van der Waals surface area contributed by atoms with Crippen LogP contribution in [0.3, 0.4) is 0 Å². The molecule has 0 N–H and O–H groups in total. The molecule has 5 nitrogen and oxygen atoms in total. The van der Waals surface area contributed by atoms with Crippen LogP contribution in [0.15, 0.2) is 18.2 Å². The zero-order valence-electron chi connectivity index (χ0n) is 15.1. The standard InChI is InChI=1S/C14H15ClN2O3.C2H6.CH3.Cs/c1-19-14(18)9-2-3-12-11(6-9)16-13(7-15)17(12)8-10-4-5-20-10;1-2;;/h2-3,6,10H,4-5,7-8H2,1H3;1-2H3;1H3;/q;;-1;+1. The number of imidazole rings is 1. The van der Waals surface area contributed by atoms with Crippen LogP contribution in [-0.2, 0) is 21.9 Å². The Hall–Kier alpha value is 0.462. The number of carbonyl (C=O) groups is 1. The summed E-state index contributed by atoms with van der Waals surface area (Å²) in [6.45, 7) is 5.57. The van der Waals surface area contributed by atoms with E-state index in [1.165, 1.54) is 7.11 Å². The number of hydrogen-bond donors (Lipinski definition) is 0. The first-order chi connectivity index (χ1) is 10.7. The minimum atomic E-state index is -0.365. The van der Waals surface area contributed by atoms with E-state index < -0.39 is 0 Å². The Kier molecular flexibility index (Phi) is 12.2. The summed E-state index contributed by atoms with van der Waals surface area (Å²) in [5, 5.41) is 0. The minimum absolute atomic E-state index is 0. The maximum Gasteiger partial charge on any atom is 1.00 e. The Morgan fingerprint density at radius 3 is 2.62 bits per heavy atom. The average molecular weight is 473 g/mol. The van der Waals surface area contributed by atoms with Gasteiger partial charge in [-0.2, -0.15) is 0 Å². The van der Waals surface area contributed by atoms with E-state index in [4.69, 9.17) is 21.1 Å². The van der Waals surface area contributed by atoms with Crippen LogP contribution >= 0.6 is 11.6 Å². The van der Waals surface area contributed by atoms with Crippen molar-refractivity contribution in [1.29, 1.82) is 0 Å². The first kappa shape index (κ1) is 24.5. The van der Waals surface area contributed by atoms with Gasteiger partial charge < -0.3 is 21.5 Å². The number of carbonyl (C=O) groups excluding carboxylic acids is 1. The number of aromatic nitrogens is 2. The molecule has 24 heavy (non-hydrogen) atoms. The van der Waals surface area contributed by atoms with Crippen LogP contribution in [0.4, 0.5) is 0 Å². The summed E-state index contributed by atoms with van der Waals surface area (Å²) in [7, 11) is 1.36. The predicted molar refractivity (Wildman–Crippen MR) is 92.7 cm³/mol. The van der Waals surface area contributed by atoms with Crippen LogP contribution < -0.4 is 68.9 Å². The molecule has 1 unspecified atom stereocenters. The van der Waals surface area contributed by atoms with Crippen LogP contribution in [0.1, 0.15) is 36.5 Å². The molecule has 0 amide bonds. The maximum atomic E-state index is 11.5. The SMILES string of the molecule is CC.COC(=O)c1ccc2c(c1)nc(CCl)n2CC1CCO1.[CH3-].[Cs+]. The summed E-state index contributed by atoms with van der Waals surface area (Å²) in [6, 6.07) is 5.35. The van der Waals surface area contributed by atoms with Gasteiger partial charge in [-0.25, -0.2) is 9.78 Å². The fraction of sp³-hybridized carbons (Fsp3) is 0.471. The number of alkyl halides is 1. The first-order valence-corrected chi connectivity index (χ1v) is 8.01. The van der Waals surface area contributed by atoms with E-state index >= 15 is 0 Å². The van der Waals surface area contributed by atoms with E-state index in [0.29, 0.717) is 11.4 Å². The van der Waals surface area contributed by atoms with Crippen molar-refractivity contribution < 1.29 is 83.2 Å². The molecule has 2 aromatic rings. The van der Waals surface area contributed by atoms with Gasteiger partial charge >= 0.3 is 74.9 Å². The second-order valence-electron chi connectivity index (χ2n) is 4.75. The van der Waals surface area contributed by atoms with E-state index in [-0.39, 0.29) is 88.4 Å². The predicted octanol–water partition coefficient (Wildman–Crippen LogP) is 0.831. The van der Waals surface area contributed by atoms with Crippen LogP contribution in [0.25, 0.3) is 11.0 Å². The molecule has 1 fully saturated rings. The summed E-state index contributed by atoms with van der Waals surface area (Å²) in [5.41, 5.74) is 2.21. The summed E-state index contributed by atoms with van der Waals surface area (Å²) < 4.78 is 12.2. The molecule has 0 aliphatic carbocycles. The van der Waals surface area contributed by atoms with Crippen molar-refractivity contribution in [3.63, 3.8) is 0 Å². The maximum absolute atomic E-state index is 11.5. The van der Waals surface area contributed by atoms with Crippen LogP contribution in [-0.4, -0.2) is 35.3 Å². The van der Waals surface area contributed by atoms with Crippen molar-refractivity contribution in [1.82, 2.24) is 9.55 Å². The van der Waals surface area contributed by atoms with Crippen molar-refractivity contribution in [3.8, 4) is 0 Å². The molecule has 1 aliphatic heterocycles. The summed E-state index contributed by atoms with van der Waals surface area (Å²) in [6.07, 6.45) is 1.29. The van der Waals surface area contributed by atoms with Crippen LogP contribution in [0.5, 0.6) is 0 Å². The largest absolute Gasteiger partial charge is 1.00 e. The summed E-state index contributed by atoms with van der Waals surface area (Å²) in [4.78, 5) is 16.0. The number of ether oxygens (including phenoxy) is 2. The Morgan fingerprint density at radius 1 is 1.46 bits per heavy atom. The van der Waals surface area contributed by atoms with Gasteiger partial charge in [0.2, 0.25) is 0 Å². The second-order valence-corrected chi connectivity index (χ2v) is 5.02. The Balaban J connectivity index is 0.00000128. The van der Waals surface area contributed by atoms with Crippen LogP contribution in [0.2, 0.25) is 0 Å². The molecule has 1 aromatic carbocycles. The molecule has 7 heteroatoms. The third-order valence-electron chi connectivity index (χ3n) is 3.55. The molecule has 0 saturated carbocycles. The number of nitrogens with zero attached hydrogens (tertiary/aromatic N) is 2. The molecule has 1 aliphatic rings. The van der Waals surface area contributed by atoms with Gasteiger partial charge in [0.25, 0.3) is 0 Å². The molecule has 0 bridgehead atoms. The molecule has 0 radical (unpaired) electrons. The zero-order chi connectivity index (χ0) is 16.1. The van der Waals surface area contributed by atoms with Crippen LogP contribution in [0, 0.1) is 7.43 Å². The Labute approximate surface area is 207 Å². The fourth-order valence-electron chi connectivity index (χ4n) is 2.36. The van der Waals surface area contributed by atoms with Gasteiger partial charge in [0.1, 0.15) is 5.82 Å². The number of halogens is 1. The Morgan fingerprint density at radius 2 is 2.12 bits per heavy atom. The molecule has 128 valence electrons. The van der Waals surface area contributed by atoms with Gasteiger partial charge in [0.15, 0.2) is 0 Å². The van der Waals surface area contributed by atoms with E-state index in [2.05, 4.69) is 9.55 Å². The van der Waals surface area contributed by atoms with Crippen molar-refractivity contribution in [2.75, 3.05) is 13.7 Å². The van der Waals surface area contributed by atoms with E-state index in [0.717, 1.165) is 36.4 Å². The monoisotopic (exact) mass is 472 g/mol. The summed E-state index contributed by atoms with van der Waals surface area (Å²) in [5.74, 6) is 0.755. The molecule has 1 saturated heterocycles. The van der Waals surface area contributed by atoms with E-state index in [9.17, 15) is 4.79 Å². The van der Waals surface area contributed by atoms with Crippen molar-refractivity contribution >= 4 is 28.6 Å². The van der Waals surface area contributed by atoms with E-state index in [1.54, 1.807) is 12.1 Å². The second kappa shape index (κ2) is 12.0. The minimum Gasteiger partial charge on any atom is -0.465 e. The first-order valence-electron chi connectivity index (χ1n) is 7.48. The quantitative estimate of drug-likeness (QED) is 0.376. The Bertz CT molecular complexity index is 657. The normalized spacial score (nSPS) is 15.2. The van der Waals surface area contributed by atoms with Gasteiger partial charge in [-0.15, -0.1) is 11.6 Å². The van der Waals surface area contributed by atoms with Gasteiger partial charge in [-0.3, -0.25) is 0 Å². The molecule has 0 spiro atoms.